The predicted octanol–water partition coefficient (Wildman–Crippen LogP) is 6.05. The number of unbranched alkanes of at least 4 members (excludes halogenated alkanes) is 3. The van der Waals surface area contributed by atoms with Crippen molar-refractivity contribution in [2.24, 2.45) is 0 Å². The maximum Gasteiger partial charge on any atom is 0.416 e. The summed E-state index contributed by atoms with van der Waals surface area (Å²) in [4.78, 5) is 0. The van der Waals surface area contributed by atoms with E-state index < -0.39 is 20.1 Å². The molecule has 1 nitrogen and oxygen atoms in total. The summed E-state index contributed by atoms with van der Waals surface area (Å²) in [5.74, 6) is 0. The van der Waals surface area contributed by atoms with Crippen molar-refractivity contribution in [1.29, 1.82) is 0 Å². The van der Waals surface area contributed by atoms with Gasteiger partial charge in [-0.15, -0.1) is 0 Å². The lowest BCUT2D eigenvalue weighted by atomic mass is 10.0. The Balaban J connectivity index is 2.25. The van der Waals surface area contributed by atoms with E-state index in [1.807, 2.05) is 6.92 Å². The Morgan fingerprint density at radius 3 is 2.36 bits per heavy atom. The van der Waals surface area contributed by atoms with Crippen LogP contribution in [0.25, 0.3) is 0 Å². The molecule has 0 aliphatic rings. The highest BCUT2D eigenvalue weighted by molar-refractivity contribution is 6.71. The van der Waals surface area contributed by atoms with Crippen LogP contribution in [0.4, 0.5) is 13.2 Å². The minimum absolute atomic E-state index is 0.547. The molecular formula is C17H27F3OSi. The smallest absolute Gasteiger partial charge is 0.416 e. The first-order valence-corrected chi connectivity index (χ1v) is 11.2. The lowest BCUT2D eigenvalue weighted by Gasteiger charge is -2.21. The third-order valence-corrected chi connectivity index (χ3v) is 6.41. The second-order valence-corrected chi connectivity index (χ2v) is 10.6. The van der Waals surface area contributed by atoms with Crippen LogP contribution in [0.1, 0.15) is 43.7 Å². The summed E-state index contributed by atoms with van der Waals surface area (Å²) < 4.78 is 43.7. The molecule has 0 amide bonds. The van der Waals surface area contributed by atoms with Gasteiger partial charge in [0, 0.05) is 6.61 Å². The first-order chi connectivity index (χ1) is 10.2. The third kappa shape index (κ3) is 7.45. The molecule has 0 atom stereocenters. The highest BCUT2D eigenvalue weighted by atomic mass is 28.4. The normalized spacial score (nSPS) is 12.6. The molecule has 0 heterocycles. The van der Waals surface area contributed by atoms with Gasteiger partial charge in [0.15, 0.2) is 8.32 Å². The summed E-state index contributed by atoms with van der Waals surface area (Å²) in [6, 6.07) is 6.83. The molecule has 0 saturated carbocycles. The Morgan fingerprint density at radius 2 is 1.73 bits per heavy atom. The number of rotatable bonds is 9. The molecule has 1 aromatic carbocycles. The highest BCUT2D eigenvalue weighted by Crippen LogP contribution is 2.29. The third-order valence-electron chi connectivity index (χ3n) is 3.78. The topological polar surface area (TPSA) is 9.23 Å². The van der Waals surface area contributed by atoms with E-state index in [1.165, 1.54) is 12.1 Å². The Bertz CT molecular complexity index is 444. The molecule has 0 saturated heterocycles. The molecule has 22 heavy (non-hydrogen) atoms. The molecule has 0 unspecified atom stereocenters. The van der Waals surface area contributed by atoms with Crippen LogP contribution in [0.3, 0.4) is 0 Å². The van der Waals surface area contributed by atoms with E-state index in [0.29, 0.717) is 0 Å². The fourth-order valence-corrected chi connectivity index (χ4v) is 4.63. The summed E-state index contributed by atoms with van der Waals surface area (Å²) in [6.45, 7) is 7.29. The summed E-state index contributed by atoms with van der Waals surface area (Å²) in [5.41, 5.74) is 0.230. The molecule has 0 bridgehead atoms. The largest absolute Gasteiger partial charge is 0.418 e. The second kappa shape index (κ2) is 8.72. The van der Waals surface area contributed by atoms with Crippen molar-refractivity contribution in [2.75, 3.05) is 6.61 Å². The Morgan fingerprint density at radius 1 is 1.05 bits per heavy atom. The predicted molar refractivity (Wildman–Crippen MR) is 87.5 cm³/mol. The van der Waals surface area contributed by atoms with E-state index >= 15 is 0 Å². The second-order valence-electron chi connectivity index (χ2n) is 6.31. The van der Waals surface area contributed by atoms with Crippen molar-refractivity contribution in [3.63, 3.8) is 0 Å². The van der Waals surface area contributed by atoms with E-state index in [-0.39, 0.29) is 0 Å². The number of benzene rings is 1. The van der Waals surface area contributed by atoms with Gasteiger partial charge in [-0.25, -0.2) is 0 Å². The monoisotopic (exact) mass is 332 g/mol. The van der Waals surface area contributed by atoms with Crippen molar-refractivity contribution in [2.45, 2.75) is 64.3 Å². The minimum Gasteiger partial charge on any atom is -0.418 e. The van der Waals surface area contributed by atoms with Gasteiger partial charge in [0.25, 0.3) is 0 Å². The van der Waals surface area contributed by atoms with Crippen LogP contribution in [0, 0.1) is 0 Å². The van der Waals surface area contributed by atoms with Gasteiger partial charge in [0.1, 0.15) is 0 Å². The first-order valence-electron chi connectivity index (χ1n) is 8.05. The summed E-state index contributed by atoms with van der Waals surface area (Å²) in [6.07, 6.45) is 0.761. The van der Waals surface area contributed by atoms with E-state index in [0.717, 1.165) is 56.4 Å². The summed E-state index contributed by atoms with van der Waals surface area (Å²) >= 11 is 0. The lowest BCUT2D eigenvalue weighted by molar-refractivity contribution is -0.137. The summed E-state index contributed by atoms with van der Waals surface area (Å²) in [5, 5.41) is 0. The van der Waals surface area contributed by atoms with Crippen molar-refractivity contribution in [3.8, 4) is 0 Å². The quantitative estimate of drug-likeness (QED) is 0.395. The molecule has 0 aromatic heterocycles. The van der Waals surface area contributed by atoms with Gasteiger partial charge in [-0.3, -0.25) is 0 Å². The van der Waals surface area contributed by atoms with Gasteiger partial charge in [-0.05, 0) is 50.5 Å². The zero-order chi connectivity index (χ0) is 16.6. The van der Waals surface area contributed by atoms with Gasteiger partial charge >= 0.3 is 6.18 Å². The zero-order valence-electron chi connectivity index (χ0n) is 13.8. The fourth-order valence-electron chi connectivity index (χ4n) is 2.60. The number of alkyl halides is 3. The molecule has 126 valence electrons. The molecule has 0 radical (unpaired) electrons. The minimum atomic E-state index is -4.24. The zero-order valence-corrected chi connectivity index (χ0v) is 14.8. The standard InChI is InChI=1S/C17H27F3OSi/c1-4-21-22(2,3)13-8-6-5-7-10-15-11-9-12-16(14-15)17(18,19)20/h9,11-12,14H,4-8,10,13H2,1-3H3. The van der Waals surface area contributed by atoms with Gasteiger partial charge in [-0.1, -0.05) is 37.5 Å². The van der Waals surface area contributed by atoms with Crippen LogP contribution in [-0.2, 0) is 17.0 Å². The first kappa shape index (κ1) is 19.2. The van der Waals surface area contributed by atoms with E-state index in [9.17, 15) is 13.2 Å². The van der Waals surface area contributed by atoms with Crippen LogP contribution < -0.4 is 0 Å². The van der Waals surface area contributed by atoms with E-state index in [4.69, 9.17) is 4.43 Å². The molecule has 0 aliphatic heterocycles. The van der Waals surface area contributed by atoms with Gasteiger partial charge in [-0.2, -0.15) is 13.2 Å². The van der Waals surface area contributed by atoms with Crippen molar-refractivity contribution in [1.82, 2.24) is 0 Å². The van der Waals surface area contributed by atoms with Crippen LogP contribution in [0.5, 0.6) is 0 Å². The van der Waals surface area contributed by atoms with Gasteiger partial charge in [0.2, 0.25) is 0 Å². The van der Waals surface area contributed by atoms with Crippen LogP contribution in [0.15, 0.2) is 24.3 Å². The molecule has 1 rings (SSSR count). The molecule has 0 spiro atoms. The number of aryl methyl sites for hydroxylation is 1. The number of halogens is 3. The van der Waals surface area contributed by atoms with Crippen molar-refractivity contribution < 1.29 is 17.6 Å². The average molecular weight is 332 g/mol. The molecule has 0 N–H and O–H groups in total. The molecule has 0 aliphatic carbocycles. The maximum absolute atomic E-state index is 12.6. The van der Waals surface area contributed by atoms with Crippen molar-refractivity contribution in [3.05, 3.63) is 35.4 Å². The summed E-state index contributed by atoms with van der Waals surface area (Å²) in [7, 11) is -1.48. The van der Waals surface area contributed by atoms with E-state index in [1.54, 1.807) is 6.07 Å². The molecule has 5 heteroatoms. The fraction of sp³-hybridized carbons (Fsp3) is 0.647. The highest BCUT2D eigenvalue weighted by Gasteiger charge is 2.30. The maximum atomic E-state index is 12.6. The average Bonchev–Trinajstić information content (AvgIpc) is 2.42. The van der Waals surface area contributed by atoms with E-state index in [2.05, 4.69) is 13.1 Å². The van der Waals surface area contributed by atoms with Crippen LogP contribution >= 0.6 is 0 Å². The lowest BCUT2D eigenvalue weighted by Crippen LogP contribution is -2.29. The Kier molecular flexibility index (Phi) is 7.63. The SMILES string of the molecule is CCO[Si](C)(C)CCCCCCc1cccc(C(F)(F)F)c1. The Labute approximate surface area is 133 Å². The molecular weight excluding hydrogens is 305 g/mol. The van der Waals surface area contributed by atoms with Crippen LogP contribution in [-0.4, -0.2) is 14.9 Å². The molecule has 1 aromatic rings. The van der Waals surface area contributed by atoms with Crippen molar-refractivity contribution >= 4 is 8.32 Å². The van der Waals surface area contributed by atoms with Crippen LogP contribution in [0.2, 0.25) is 19.1 Å². The number of hydrogen-bond acceptors (Lipinski definition) is 1. The Hall–Kier alpha value is -0.813. The van der Waals surface area contributed by atoms with Gasteiger partial charge < -0.3 is 4.43 Å². The number of hydrogen-bond donors (Lipinski definition) is 0. The molecule has 0 fully saturated rings. The van der Waals surface area contributed by atoms with Gasteiger partial charge in [0.05, 0.1) is 5.56 Å².